The van der Waals surface area contributed by atoms with Crippen LogP contribution in [0.1, 0.15) is 57.3 Å². The highest BCUT2D eigenvalue weighted by Gasteiger charge is 2.30. The van der Waals surface area contributed by atoms with Crippen LogP contribution in [0.25, 0.3) is 0 Å². The number of hydrogen-bond acceptors (Lipinski definition) is 5. The fourth-order valence-corrected chi connectivity index (χ4v) is 5.41. The Morgan fingerprint density at radius 1 is 1.17 bits per heavy atom. The topological polar surface area (TPSA) is 84.0 Å². The van der Waals surface area contributed by atoms with Gasteiger partial charge in [-0.15, -0.1) is 0 Å². The summed E-state index contributed by atoms with van der Waals surface area (Å²) in [4.78, 5) is 26.8. The van der Waals surface area contributed by atoms with E-state index in [0.717, 1.165) is 19.3 Å². The van der Waals surface area contributed by atoms with Gasteiger partial charge in [0.25, 0.3) is 5.91 Å². The fraction of sp³-hybridized carbons (Fsp3) is 0.600. The molecule has 0 N–H and O–H groups in total. The third-order valence-corrected chi connectivity index (χ3v) is 7.68. The second-order valence-corrected chi connectivity index (χ2v) is 9.58. The zero-order valence-corrected chi connectivity index (χ0v) is 18.9. The maximum atomic E-state index is 12.7. The zero-order chi connectivity index (χ0) is 21.8. The van der Waals surface area contributed by atoms with Crippen LogP contribution in [-0.2, 0) is 19.6 Å². The van der Waals surface area contributed by atoms with E-state index < -0.39 is 22.6 Å². The van der Waals surface area contributed by atoms with E-state index in [2.05, 4.69) is 0 Å². The predicted molar refractivity (Wildman–Crippen MR) is 111 cm³/mol. The SMILES string of the molecule is CCN(CC)S(=O)(=O)c1ccc(Cl)c(C(=O)OCC(=O)N2[C@H](C)CCC[C@@H]2C)c1. The van der Waals surface area contributed by atoms with Crippen LogP contribution in [0.4, 0.5) is 0 Å². The molecule has 0 spiro atoms. The van der Waals surface area contributed by atoms with Crippen molar-refractivity contribution in [1.82, 2.24) is 9.21 Å². The third-order valence-electron chi connectivity index (χ3n) is 5.31. The standard InChI is InChI=1S/C20H29ClN2O5S/c1-5-22(6-2)29(26,27)16-10-11-18(21)17(12-16)20(25)28-13-19(24)23-14(3)8-7-9-15(23)4/h10-12,14-15H,5-9,13H2,1-4H3/t14-,15+. The van der Waals surface area contributed by atoms with Crippen LogP contribution in [0.5, 0.6) is 0 Å². The summed E-state index contributed by atoms with van der Waals surface area (Å²) in [5.74, 6) is -1.08. The molecular weight excluding hydrogens is 416 g/mol. The fourth-order valence-electron chi connectivity index (χ4n) is 3.73. The number of ether oxygens (including phenoxy) is 1. The van der Waals surface area contributed by atoms with Crippen LogP contribution in [0.2, 0.25) is 5.02 Å². The van der Waals surface area contributed by atoms with Crippen molar-refractivity contribution in [2.24, 2.45) is 0 Å². The molecule has 9 heteroatoms. The normalized spacial score (nSPS) is 20.0. The summed E-state index contributed by atoms with van der Waals surface area (Å²) in [6.45, 7) is 7.64. The van der Waals surface area contributed by atoms with E-state index >= 15 is 0 Å². The molecule has 0 bridgehead atoms. The van der Waals surface area contributed by atoms with E-state index in [-0.39, 0.29) is 33.5 Å². The van der Waals surface area contributed by atoms with E-state index in [1.54, 1.807) is 18.7 Å². The minimum atomic E-state index is -3.75. The van der Waals surface area contributed by atoms with Crippen molar-refractivity contribution in [3.05, 3.63) is 28.8 Å². The molecule has 1 aliphatic rings. The van der Waals surface area contributed by atoms with E-state index in [9.17, 15) is 18.0 Å². The van der Waals surface area contributed by atoms with Gasteiger partial charge in [0, 0.05) is 25.2 Å². The maximum absolute atomic E-state index is 12.7. The Bertz CT molecular complexity index is 844. The minimum Gasteiger partial charge on any atom is -0.452 e. The van der Waals surface area contributed by atoms with Crippen LogP contribution in [0, 0.1) is 0 Å². The molecule has 1 aromatic rings. The van der Waals surface area contributed by atoms with Gasteiger partial charge in [-0.2, -0.15) is 4.31 Å². The molecule has 2 rings (SSSR count). The van der Waals surface area contributed by atoms with Crippen molar-refractivity contribution >= 4 is 33.5 Å². The lowest BCUT2D eigenvalue weighted by molar-refractivity contribution is -0.140. The van der Waals surface area contributed by atoms with Crippen molar-refractivity contribution < 1.29 is 22.7 Å². The van der Waals surface area contributed by atoms with Crippen molar-refractivity contribution in [1.29, 1.82) is 0 Å². The second-order valence-electron chi connectivity index (χ2n) is 7.24. The lowest BCUT2D eigenvalue weighted by Gasteiger charge is -2.38. The van der Waals surface area contributed by atoms with E-state index in [4.69, 9.17) is 16.3 Å². The molecule has 1 aliphatic heterocycles. The summed E-state index contributed by atoms with van der Waals surface area (Å²) in [6, 6.07) is 4.10. The Morgan fingerprint density at radius 2 is 1.76 bits per heavy atom. The number of esters is 1. The number of hydrogen-bond donors (Lipinski definition) is 0. The average Bonchev–Trinajstić information content (AvgIpc) is 2.66. The minimum absolute atomic E-state index is 0.0397. The van der Waals surface area contributed by atoms with Crippen LogP contribution in [0.3, 0.4) is 0 Å². The highest BCUT2D eigenvalue weighted by atomic mass is 35.5. The number of amides is 1. The summed E-state index contributed by atoms with van der Waals surface area (Å²) >= 11 is 6.09. The van der Waals surface area contributed by atoms with Crippen LogP contribution in [-0.4, -0.2) is 61.3 Å². The quantitative estimate of drug-likeness (QED) is 0.602. The first kappa shape index (κ1) is 23.6. The van der Waals surface area contributed by atoms with Crippen molar-refractivity contribution in [3.63, 3.8) is 0 Å². The van der Waals surface area contributed by atoms with Gasteiger partial charge in [0.05, 0.1) is 15.5 Å². The molecule has 29 heavy (non-hydrogen) atoms. The summed E-state index contributed by atoms with van der Waals surface area (Å²) in [5.41, 5.74) is -0.0764. The summed E-state index contributed by atoms with van der Waals surface area (Å²) in [7, 11) is -3.75. The van der Waals surface area contributed by atoms with Gasteiger partial charge in [-0.05, 0) is 51.3 Å². The number of carbonyl (C=O) groups is 2. The van der Waals surface area contributed by atoms with E-state index in [0.29, 0.717) is 13.1 Å². The summed E-state index contributed by atoms with van der Waals surface area (Å²) in [5, 5.41) is 0.0701. The van der Waals surface area contributed by atoms with Crippen LogP contribution < -0.4 is 0 Å². The van der Waals surface area contributed by atoms with Crippen molar-refractivity contribution in [3.8, 4) is 0 Å². The Labute approximate surface area is 178 Å². The molecule has 162 valence electrons. The number of likely N-dealkylation sites (tertiary alicyclic amines) is 1. The van der Waals surface area contributed by atoms with Gasteiger partial charge in [0.15, 0.2) is 6.61 Å². The molecular formula is C20H29ClN2O5S. The van der Waals surface area contributed by atoms with Crippen LogP contribution in [0.15, 0.2) is 23.1 Å². The van der Waals surface area contributed by atoms with Gasteiger partial charge >= 0.3 is 5.97 Å². The molecule has 0 unspecified atom stereocenters. The van der Waals surface area contributed by atoms with Gasteiger partial charge in [0.1, 0.15) is 0 Å². The molecule has 0 saturated carbocycles. The Kier molecular flexibility index (Phi) is 8.08. The number of nitrogens with zero attached hydrogens (tertiary/aromatic N) is 2. The molecule has 0 aliphatic carbocycles. The average molecular weight is 445 g/mol. The number of halogens is 1. The van der Waals surface area contributed by atoms with Gasteiger partial charge in [0.2, 0.25) is 10.0 Å². The highest BCUT2D eigenvalue weighted by Crippen LogP contribution is 2.25. The molecule has 2 atom stereocenters. The second kappa shape index (κ2) is 9.91. The maximum Gasteiger partial charge on any atom is 0.340 e. The number of rotatable bonds is 7. The van der Waals surface area contributed by atoms with Gasteiger partial charge < -0.3 is 9.64 Å². The Morgan fingerprint density at radius 3 is 2.31 bits per heavy atom. The Balaban J connectivity index is 2.16. The number of piperidine rings is 1. The number of sulfonamides is 1. The molecule has 0 radical (unpaired) electrons. The number of benzene rings is 1. The summed E-state index contributed by atoms with van der Waals surface area (Å²) in [6.07, 6.45) is 2.90. The van der Waals surface area contributed by atoms with E-state index in [1.807, 2.05) is 13.8 Å². The first-order chi connectivity index (χ1) is 13.6. The predicted octanol–water partition coefficient (Wildman–Crippen LogP) is 3.32. The van der Waals surface area contributed by atoms with Gasteiger partial charge in [-0.1, -0.05) is 25.4 Å². The molecule has 7 nitrogen and oxygen atoms in total. The molecule has 1 amide bonds. The Hall–Kier alpha value is -1.64. The monoisotopic (exact) mass is 444 g/mol. The molecule has 1 saturated heterocycles. The first-order valence-corrected chi connectivity index (χ1v) is 11.7. The first-order valence-electron chi connectivity index (χ1n) is 9.91. The zero-order valence-electron chi connectivity index (χ0n) is 17.4. The highest BCUT2D eigenvalue weighted by molar-refractivity contribution is 7.89. The molecule has 0 aromatic heterocycles. The smallest absolute Gasteiger partial charge is 0.340 e. The lowest BCUT2D eigenvalue weighted by atomic mass is 9.97. The molecule has 1 fully saturated rings. The van der Waals surface area contributed by atoms with Crippen molar-refractivity contribution in [2.75, 3.05) is 19.7 Å². The van der Waals surface area contributed by atoms with Gasteiger partial charge in [-0.3, -0.25) is 4.79 Å². The number of carbonyl (C=O) groups excluding carboxylic acids is 2. The van der Waals surface area contributed by atoms with Crippen molar-refractivity contribution in [2.45, 2.75) is 63.9 Å². The third kappa shape index (κ3) is 5.29. The molecule has 1 heterocycles. The van der Waals surface area contributed by atoms with E-state index in [1.165, 1.54) is 22.5 Å². The van der Waals surface area contributed by atoms with Gasteiger partial charge in [-0.25, -0.2) is 13.2 Å². The summed E-state index contributed by atoms with van der Waals surface area (Å²) < 4.78 is 31.9. The lowest BCUT2D eigenvalue weighted by Crippen LogP contribution is -2.49. The van der Waals surface area contributed by atoms with Crippen LogP contribution >= 0.6 is 11.6 Å². The molecule has 1 aromatic carbocycles. The largest absolute Gasteiger partial charge is 0.452 e.